The number of amides is 1. The first-order valence-electron chi connectivity index (χ1n) is 11.7. The molecule has 180 valence electrons. The van der Waals surface area contributed by atoms with Gasteiger partial charge in [-0.2, -0.15) is 0 Å². The van der Waals surface area contributed by atoms with Crippen LogP contribution in [-0.4, -0.2) is 79.2 Å². The van der Waals surface area contributed by atoms with Gasteiger partial charge in [0.15, 0.2) is 11.5 Å². The van der Waals surface area contributed by atoms with E-state index in [9.17, 15) is 4.79 Å². The molecule has 0 saturated carbocycles. The van der Waals surface area contributed by atoms with E-state index >= 15 is 0 Å². The SMILES string of the molecule is COc1cc2c(-c3ccc(C(C)C(N)=O)cc3)ncnc2cc1OCCCN1CCN(C)CC1. The number of aromatic nitrogens is 2. The fraction of sp³-hybridized carbons (Fsp3) is 0.423. The predicted molar refractivity (Wildman–Crippen MR) is 133 cm³/mol. The number of fused-ring (bicyclic) bond motifs is 1. The van der Waals surface area contributed by atoms with Gasteiger partial charge in [-0.05, 0) is 32.0 Å². The van der Waals surface area contributed by atoms with Crippen LogP contribution in [-0.2, 0) is 4.79 Å². The van der Waals surface area contributed by atoms with Crippen molar-refractivity contribution in [1.29, 1.82) is 0 Å². The summed E-state index contributed by atoms with van der Waals surface area (Å²) in [4.78, 5) is 25.3. The van der Waals surface area contributed by atoms with E-state index < -0.39 is 0 Å². The number of primary amides is 1. The van der Waals surface area contributed by atoms with Crippen LogP contribution in [0.15, 0.2) is 42.7 Å². The third-order valence-corrected chi connectivity index (χ3v) is 6.50. The molecule has 2 aromatic carbocycles. The Bertz CT molecular complexity index is 1130. The number of piperazine rings is 1. The maximum atomic E-state index is 11.5. The van der Waals surface area contributed by atoms with Gasteiger partial charge in [0.05, 0.1) is 30.8 Å². The molecular formula is C26H33N5O3. The van der Waals surface area contributed by atoms with Crippen molar-refractivity contribution in [1.82, 2.24) is 19.8 Å². The van der Waals surface area contributed by atoms with Crippen LogP contribution >= 0.6 is 0 Å². The zero-order chi connectivity index (χ0) is 24.1. The van der Waals surface area contributed by atoms with Crippen LogP contribution in [0.4, 0.5) is 0 Å². The summed E-state index contributed by atoms with van der Waals surface area (Å²) >= 11 is 0. The second-order valence-electron chi connectivity index (χ2n) is 8.84. The lowest BCUT2D eigenvalue weighted by Gasteiger charge is -2.32. The molecule has 1 unspecified atom stereocenters. The number of nitrogens with zero attached hydrogens (tertiary/aromatic N) is 4. The summed E-state index contributed by atoms with van der Waals surface area (Å²) in [5.41, 5.74) is 8.82. The average molecular weight is 464 g/mol. The first-order valence-corrected chi connectivity index (χ1v) is 11.7. The van der Waals surface area contributed by atoms with Crippen molar-refractivity contribution in [3.05, 3.63) is 48.3 Å². The van der Waals surface area contributed by atoms with Crippen LogP contribution in [0.3, 0.4) is 0 Å². The molecule has 1 aromatic heterocycles. The summed E-state index contributed by atoms with van der Waals surface area (Å²) < 4.78 is 11.7. The van der Waals surface area contributed by atoms with Crippen molar-refractivity contribution in [3.8, 4) is 22.8 Å². The fourth-order valence-electron chi connectivity index (χ4n) is 4.20. The highest BCUT2D eigenvalue weighted by Crippen LogP contribution is 2.35. The third-order valence-electron chi connectivity index (χ3n) is 6.50. The number of carbonyl (C=O) groups is 1. The smallest absolute Gasteiger partial charge is 0.224 e. The van der Waals surface area contributed by atoms with Crippen LogP contribution < -0.4 is 15.2 Å². The minimum absolute atomic E-state index is 0.341. The minimum atomic E-state index is -0.346. The zero-order valence-corrected chi connectivity index (χ0v) is 20.2. The Kier molecular flexibility index (Phi) is 7.59. The van der Waals surface area contributed by atoms with E-state index in [0.717, 1.165) is 66.9 Å². The summed E-state index contributed by atoms with van der Waals surface area (Å²) in [5, 5.41) is 0.875. The molecule has 1 aliphatic heterocycles. The molecule has 0 aliphatic carbocycles. The summed E-state index contributed by atoms with van der Waals surface area (Å²) in [6.45, 7) is 7.90. The van der Waals surface area contributed by atoms with Gasteiger partial charge in [0, 0.05) is 49.7 Å². The second-order valence-corrected chi connectivity index (χ2v) is 8.84. The number of carbonyl (C=O) groups excluding carboxylic acids is 1. The van der Waals surface area contributed by atoms with Gasteiger partial charge in [0.1, 0.15) is 6.33 Å². The average Bonchev–Trinajstić information content (AvgIpc) is 2.86. The number of hydrogen-bond donors (Lipinski definition) is 1. The van der Waals surface area contributed by atoms with E-state index in [2.05, 4.69) is 26.8 Å². The lowest BCUT2D eigenvalue weighted by Crippen LogP contribution is -2.44. The molecule has 0 spiro atoms. The Hall–Kier alpha value is -3.23. The van der Waals surface area contributed by atoms with Gasteiger partial charge in [0.2, 0.25) is 5.91 Å². The van der Waals surface area contributed by atoms with Gasteiger partial charge < -0.3 is 25.0 Å². The van der Waals surface area contributed by atoms with Gasteiger partial charge in [-0.3, -0.25) is 4.79 Å². The van der Waals surface area contributed by atoms with Crippen LogP contribution in [0.2, 0.25) is 0 Å². The number of nitrogens with two attached hydrogens (primary N) is 1. The van der Waals surface area contributed by atoms with Gasteiger partial charge in [0.25, 0.3) is 0 Å². The molecule has 1 atom stereocenters. The first-order chi connectivity index (χ1) is 16.5. The Morgan fingerprint density at radius 2 is 1.82 bits per heavy atom. The Balaban J connectivity index is 1.49. The second kappa shape index (κ2) is 10.8. The standard InChI is InChI=1S/C26H33N5O3/c1-18(26(27)32)19-5-7-20(8-6-19)25-21-15-23(33-3)24(16-22(21)28-17-29-25)34-14-4-9-31-12-10-30(2)11-13-31/h5-8,15-18H,4,9-14H2,1-3H3,(H2,27,32). The zero-order valence-electron chi connectivity index (χ0n) is 20.2. The van der Waals surface area contributed by atoms with Gasteiger partial charge in [-0.25, -0.2) is 9.97 Å². The molecule has 34 heavy (non-hydrogen) atoms. The fourth-order valence-corrected chi connectivity index (χ4v) is 4.20. The maximum absolute atomic E-state index is 11.5. The van der Waals surface area contributed by atoms with Crippen LogP contribution in [0.25, 0.3) is 22.2 Å². The van der Waals surface area contributed by atoms with E-state index in [1.807, 2.05) is 36.4 Å². The monoisotopic (exact) mass is 463 g/mol. The number of hydrogen-bond acceptors (Lipinski definition) is 7. The first kappa shape index (κ1) is 23.9. The lowest BCUT2D eigenvalue weighted by atomic mass is 9.97. The van der Waals surface area contributed by atoms with Crippen LogP contribution in [0.1, 0.15) is 24.8 Å². The van der Waals surface area contributed by atoms with Crippen molar-refractivity contribution >= 4 is 16.8 Å². The normalized spacial score (nSPS) is 15.9. The minimum Gasteiger partial charge on any atom is -0.493 e. The van der Waals surface area contributed by atoms with Crippen LogP contribution in [0.5, 0.6) is 11.5 Å². The van der Waals surface area contributed by atoms with Gasteiger partial charge >= 0.3 is 0 Å². The van der Waals surface area contributed by atoms with E-state index in [1.165, 1.54) is 0 Å². The molecule has 1 saturated heterocycles. The van der Waals surface area contributed by atoms with Crippen molar-refractivity contribution in [2.75, 3.05) is 53.5 Å². The molecule has 3 aromatic rings. The lowest BCUT2D eigenvalue weighted by molar-refractivity contribution is -0.119. The number of rotatable bonds is 9. The number of benzene rings is 2. The van der Waals surface area contributed by atoms with Crippen molar-refractivity contribution in [3.63, 3.8) is 0 Å². The predicted octanol–water partition coefficient (Wildman–Crippen LogP) is 2.91. The molecule has 8 heteroatoms. The topological polar surface area (TPSA) is 93.8 Å². The molecule has 0 bridgehead atoms. The van der Waals surface area contributed by atoms with E-state index in [0.29, 0.717) is 18.1 Å². The Labute approximate surface area is 200 Å². The Morgan fingerprint density at radius 1 is 1.09 bits per heavy atom. The molecule has 8 nitrogen and oxygen atoms in total. The van der Waals surface area contributed by atoms with Crippen molar-refractivity contribution < 1.29 is 14.3 Å². The summed E-state index contributed by atoms with van der Waals surface area (Å²) in [7, 11) is 3.81. The number of likely N-dealkylation sites (N-methyl/N-ethyl adjacent to an activating group) is 1. The maximum Gasteiger partial charge on any atom is 0.224 e. The largest absolute Gasteiger partial charge is 0.493 e. The van der Waals surface area contributed by atoms with E-state index in [-0.39, 0.29) is 11.8 Å². The summed E-state index contributed by atoms with van der Waals surface area (Å²) in [6, 6.07) is 11.6. The molecule has 4 rings (SSSR count). The summed E-state index contributed by atoms with van der Waals surface area (Å²) in [5.74, 6) is 0.652. The molecule has 2 N–H and O–H groups in total. The van der Waals surface area contributed by atoms with Crippen LogP contribution in [0, 0.1) is 0 Å². The van der Waals surface area contributed by atoms with Crippen molar-refractivity contribution in [2.45, 2.75) is 19.3 Å². The highest BCUT2D eigenvalue weighted by Gasteiger charge is 2.16. The van der Waals surface area contributed by atoms with Crippen molar-refractivity contribution in [2.24, 2.45) is 5.73 Å². The third kappa shape index (κ3) is 5.46. The highest BCUT2D eigenvalue weighted by atomic mass is 16.5. The molecule has 1 fully saturated rings. The molecule has 1 aliphatic rings. The highest BCUT2D eigenvalue weighted by molar-refractivity contribution is 5.94. The molecular weight excluding hydrogens is 430 g/mol. The quantitative estimate of drug-likeness (QED) is 0.488. The van der Waals surface area contributed by atoms with Gasteiger partial charge in [-0.1, -0.05) is 24.3 Å². The summed E-state index contributed by atoms with van der Waals surface area (Å²) in [6.07, 6.45) is 2.51. The molecule has 1 amide bonds. The molecule has 2 heterocycles. The van der Waals surface area contributed by atoms with E-state index in [4.69, 9.17) is 15.2 Å². The number of methoxy groups -OCH3 is 1. The van der Waals surface area contributed by atoms with E-state index in [1.54, 1.807) is 20.4 Å². The molecule has 0 radical (unpaired) electrons. The number of ether oxygens (including phenoxy) is 2. The van der Waals surface area contributed by atoms with Gasteiger partial charge in [-0.15, -0.1) is 0 Å². The Morgan fingerprint density at radius 3 is 2.50 bits per heavy atom.